The largest absolute Gasteiger partial charge is 0.480 e. The first-order valence-corrected chi connectivity index (χ1v) is 10.6. The van der Waals surface area contributed by atoms with Gasteiger partial charge in [0.2, 0.25) is 0 Å². The maximum absolute atomic E-state index is 14.0. The maximum atomic E-state index is 14.0. The number of hydrazine groups is 1. The first kappa shape index (κ1) is 20.2. The van der Waals surface area contributed by atoms with Gasteiger partial charge in [0.25, 0.3) is 0 Å². The summed E-state index contributed by atoms with van der Waals surface area (Å²) < 4.78 is 15.8. The number of anilines is 1. The Morgan fingerprint density at radius 3 is 2.81 bits per heavy atom. The molecule has 0 bridgehead atoms. The van der Waals surface area contributed by atoms with Crippen molar-refractivity contribution in [2.24, 2.45) is 0 Å². The second-order valence-electron chi connectivity index (χ2n) is 8.03. The van der Waals surface area contributed by atoms with Gasteiger partial charge in [0.1, 0.15) is 18.2 Å². The number of carbonyl (C=O) groups is 1. The van der Waals surface area contributed by atoms with Crippen LogP contribution in [0, 0.1) is 12.7 Å². The summed E-state index contributed by atoms with van der Waals surface area (Å²) in [5.41, 5.74) is 7.93. The molecule has 0 aliphatic carbocycles. The zero-order valence-electron chi connectivity index (χ0n) is 17.7. The van der Waals surface area contributed by atoms with Crippen LogP contribution in [0.1, 0.15) is 17.7 Å². The summed E-state index contributed by atoms with van der Waals surface area (Å²) in [6.45, 7) is 3.16. The van der Waals surface area contributed by atoms with E-state index >= 15 is 0 Å². The molecule has 0 unspecified atom stereocenters. The van der Waals surface area contributed by atoms with Gasteiger partial charge in [0.15, 0.2) is 0 Å². The third-order valence-corrected chi connectivity index (χ3v) is 5.98. The van der Waals surface area contributed by atoms with Gasteiger partial charge in [-0.2, -0.15) is 0 Å². The van der Waals surface area contributed by atoms with E-state index in [9.17, 15) is 14.3 Å². The van der Waals surface area contributed by atoms with Crippen LogP contribution in [0.3, 0.4) is 0 Å². The SMILES string of the molecule is Cc1c(C2=CCN(Nc3ccc4ccccc4n3)CC2)c2cc(F)ccc2n1CC(=O)O. The predicted molar refractivity (Wildman–Crippen MR) is 124 cm³/mol. The molecule has 0 saturated heterocycles. The molecule has 3 heterocycles. The summed E-state index contributed by atoms with van der Waals surface area (Å²) in [6.07, 6.45) is 2.87. The Labute approximate surface area is 184 Å². The fraction of sp³-hybridized carbons (Fsp3) is 0.200. The van der Waals surface area contributed by atoms with Gasteiger partial charge in [-0.1, -0.05) is 24.3 Å². The van der Waals surface area contributed by atoms with Crippen molar-refractivity contribution in [2.45, 2.75) is 19.9 Å². The minimum Gasteiger partial charge on any atom is -0.480 e. The highest BCUT2D eigenvalue weighted by Crippen LogP contribution is 2.35. The third-order valence-electron chi connectivity index (χ3n) is 5.98. The van der Waals surface area contributed by atoms with Crippen molar-refractivity contribution in [1.29, 1.82) is 0 Å². The van der Waals surface area contributed by atoms with Crippen LogP contribution in [0.4, 0.5) is 10.2 Å². The quantitative estimate of drug-likeness (QED) is 0.474. The van der Waals surface area contributed by atoms with Crippen LogP contribution in [0.2, 0.25) is 0 Å². The molecule has 32 heavy (non-hydrogen) atoms. The first-order chi connectivity index (χ1) is 15.5. The Bertz CT molecular complexity index is 1380. The number of hydrogen-bond acceptors (Lipinski definition) is 4. The van der Waals surface area contributed by atoms with Crippen LogP contribution >= 0.6 is 0 Å². The van der Waals surface area contributed by atoms with Crippen LogP contribution in [-0.4, -0.2) is 38.7 Å². The molecule has 0 radical (unpaired) electrons. The van der Waals surface area contributed by atoms with E-state index in [1.807, 2.05) is 43.3 Å². The molecular weight excluding hydrogens is 407 g/mol. The minimum atomic E-state index is -0.920. The molecule has 5 rings (SSSR count). The Morgan fingerprint density at radius 2 is 2.03 bits per heavy atom. The standard InChI is InChI=1S/C25H23FN4O2/c1-16-25(20-14-19(26)7-8-22(20)30(16)15-24(31)32)18-10-12-29(13-11-18)28-23-9-6-17-4-2-3-5-21(17)27-23/h2-10,14H,11-13,15H2,1H3,(H,27,28)(H,31,32). The lowest BCUT2D eigenvalue weighted by molar-refractivity contribution is -0.137. The fourth-order valence-electron chi connectivity index (χ4n) is 4.49. The molecule has 2 aromatic heterocycles. The number of nitrogens with zero attached hydrogens (tertiary/aromatic N) is 3. The third kappa shape index (κ3) is 3.71. The summed E-state index contributed by atoms with van der Waals surface area (Å²) >= 11 is 0. The summed E-state index contributed by atoms with van der Waals surface area (Å²) in [4.78, 5) is 16.1. The number of aliphatic carboxylic acids is 1. The smallest absolute Gasteiger partial charge is 0.323 e. The number of hydrogen-bond donors (Lipinski definition) is 2. The highest BCUT2D eigenvalue weighted by atomic mass is 19.1. The Balaban J connectivity index is 1.42. The van der Waals surface area contributed by atoms with Crippen molar-refractivity contribution in [1.82, 2.24) is 14.6 Å². The minimum absolute atomic E-state index is 0.150. The Kier molecular flexibility index (Phi) is 5.11. The zero-order chi connectivity index (χ0) is 22.2. The molecular formula is C25H23FN4O2. The average Bonchev–Trinajstić information content (AvgIpc) is 3.04. The molecule has 0 amide bonds. The second kappa shape index (κ2) is 8.09. The number of benzene rings is 2. The van der Waals surface area contributed by atoms with Crippen LogP contribution in [0.25, 0.3) is 27.4 Å². The van der Waals surface area contributed by atoms with Crippen LogP contribution in [-0.2, 0) is 11.3 Å². The molecule has 1 aliphatic rings. The number of fused-ring (bicyclic) bond motifs is 2. The van der Waals surface area contributed by atoms with Crippen LogP contribution in [0.5, 0.6) is 0 Å². The van der Waals surface area contributed by atoms with E-state index in [0.717, 1.165) is 57.4 Å². The maximum Gasteiger partial charge on any atom is 0.323 e. The summed E-state index contributed by atoms with van der Waals surface area (Å²) in [6, 6.07) is 16.5. The number of rotatable bonds is 5. The van der Waals surface area contributed by atoms with Crippen molar-refractivity contribution in [3.05, 3.63) is 77.7 Å². The molecule has 6 nitrogen and oxygen atoms in total. The van der Waals surface area contributed by atoms with Gasteiger partial charge in [0, 0.05) is 40.6 Å². The molecule has 4 aromatic rings. The van der Waals surface area contributed by atoms with Gasteiger partial charge in [0.05, 0.1) is 5.52 Å². The number of para-hydroxylation sites is 1. The van der Waals surface area contributed by atoms with Crippen molar-refractivity contribution in [2.75, 3.05) is 18.5 Å². The summed E-state index contributed by atoms with van der Waals surface area (Å²) in [5.74, 6) is -0.457. The van der Waals surface area contributed by atoms with E-state index in [0.29, 0.717) is 6.54 Å². The van der Waals surface area contributed by atoms with Gasteiger partial charge in [-0.25, -0.2) is 14.4 Å². The number of nitrogens with one attached hydrogen (secondary N) is 1. The molecule has 7 heteroatoms. The lowest BCUT2D eigenvalue weighted by Gasteiger charge is -2.27. The lowest BCUT2D eigenvalue weighted by atomic mass is 9.97. The van der Waals surface area contributed by atoms with Crippen molar-refractivity contribution in [3.8, 4) is 0 Å². The molecule has 162 valence electrons. The monoisotopic (exact) mass is 430 g/mol. The van der Waals surface area contributed by atoms with Crippen molar-refractivity contribution < 1.29 is 14.3 Å². The topological polar surface area (TPSA) is 70.4 Å². The van der Waals surface area contributed by atoms with Crippen molar-refractivity contribution >= 4 is 39.2 Å². The number of halogens is 1. The molecule has 0 saturated carbocycles. The molecule has 2 N–H and O–H groups in total. The number of aromatic nitrogens is 2. The van der Waals surface area contributed by atoms with E-state index in [-0.39, 0.29) is 12.4 Å². The predicted octanol–water partition coefficient (Wildman–Crippen LogP) is 4.84. The van der Waals surface area contributed by atoms with Gasteiger partial charge in [-0.05, 0) is 55.3 Å². The molecule has 0 spiro atoms. The van der Waals surface area contributed by atoms with Crippen molar-refractivity contribution in [3.63, 3.8) is 0 Å². The number of carboxylic acid groups (broad SMARTS) is 1. The number of pyridine rings is 1. The average molecular weight is 430 g/mol. The molecule has 0 atom stereocenters. The Hall–Kier alpha value is -3.71. The fourth-order valence-corrected chi connectivity index (χ4v) is 4.49. The molecule has 1 aliphatic heterocycles. The highest BCUT2D eigenvalue weighted by molar-refractivity contribution is 5.96. The normalized spacial score (nSPS) is 14.6. The van der Waals surface area contributed by atoms with E-state index in [1.165, 1.54) is 12.1 Å². The molecule has 2 aromatic carbocycles. The van der Waals surface area contributed by atoms with Gasteiger partial charge in [-0.3, -0.25) is 4.79 Å². The van der Waals surface area contributed by atoms with Crippen LogP contribution < -0.4 is 5.43 Å². The zero-order valence-corrected chi connectivity index (χ0v) is 17.7. The summed E-state index contributed by atoms with van der Waals surface area (Å²) in [5, 5.41) is 13.3. The Morgan fingerprint density at radius 1 is 1.19 bits per heavy atom. The van der Waals surface area contributed by atoms with Gasteiger partial charge in [-0.15, -0.1) is 0 Å². The van der Waals surface area contributed by atoms with E-state index in [4.69, 9.17) is 0 Å². The highest BCUT2D eigenvalue weighted by Gasteiger charge is 2.22. The van der Waals surface area contributed by atoms with Gasteiger partial charge < -0.3 is 15.1 Å². The van der Waals surface area contributed by atoms with E-state index in [2.05, 4.69) is 21.5 Å². The lowest BCUT2D eigenvalue weighted by Crippen LogP contribution is -2.34. The van der Waals surface area contributed by atoms with Gasteiger partial charge >= 0.3 is 5.97 Å². The number of carboxylic acids is 1. The van der Waals surface area contributed by atoms with E-state index < -0.39 is 5.97 Å². The van der Waals surface area contributed by atoms with E-state index in [1.54, 1.807) is 10.6 Å². The first-order valence-electron chi connectivity index (χ1n) is 10.6. The molecule has 0 fully saturated rings. The second-order valence-corrected chi connectivity index (χ2v) is 8.03. The summed E-state index contributed by atoms with van der Waals surface area (Å²) in [7, 11) is 0. The van der Waals surface area contributed by atoms with Crippen LogP contribution in [0.15, 0.2) is 60.7 Å².